The molecule has 3 aromatic rings. The topological polar surface area (TPSA) is 93.6 Å². The van der Waals surface area contributed by atoms with Crippen LogP contribution in [-0.4, -0.2) is 34.0 Å². The van der Waals surface area contributed by atoms with Gasteiger partial charge < -0.3 is 19.9 Å². The number of phenols is 1. The van der Waals surface area contributed by atoms with Crippen molar-refractivity contribution in [2.45, 2.75) is 12.3 Å². The van der Waals surface area contributed by atoms with E-state index in [0.29, 0.717) is 11.5 Å². The van der Waals surface area contributed by atoms with E-state index in [9.17, 15) is 9.90 Å². The van der Waals surface area contributed by atoms with E-state index < -0.39 is 0 Å². The van der Waals surface area contributed by atoms with Crippen molar-refractivity contribution in [3.8, 4) is 17.2 Å². The molecule has 2 aromatic carbocycles. The highest BCUT2D eigenvalue weighted by Gasteiger charge is 2.31. The zero-order valence-electron chi connectivity index (χ0n) is 13.6. The number of methoxy groups -OCH3 is 2. The van der Waals surface area contributed by atoms with E-state index in [4.69, 9.17) is 9.47 Å². The molecule has 4 rings (SSSR count). The third-order valence-corrected chi connectivity index (χ3v) is 4.93. The Morgan fingerprint density at radius 2 is 1.92 bits per heavy atom. The Hall–Kier alpha value is -2.87. The second-order valence-corrected chi connectivity index (χ2v) is 6.27. The molecule has 0 spiro atoms. The molecule has 0 bridgehead atoms. The third kappa shape index (κ3) is 2.45. The smallest absolute Gasteiger partial charge is 0.225 e. The zero-order valence-corrected chi connectivity index (χ0v) is 14.4. The summed E-state index contributed by atoms with van der Waals surface area (Å²) in [4.78, 5) is 12.2. The second kappa shape index (κ2) is 5.89. The van der Waals surface area contributed by atoms with Crippen LogP contribution in [0.3, 0.4) is 0 Å². The van der Waals surface area contributed by atoms with Crippen LogP contribution in [-0.2, 0) is 4.79 Å². The molecule has 2 heterocycles. The van der Waals surface area contributed by atoms with Crippen LogP contribution in [0.25, 0.3) is 11.0 Å². The van der Waals surface area contributed by atoms with Crippen molar-refractivity contribution in [3.63, 3.8) is 0 Å². The summed E-state index contributed by atoms with van der Waals surface area (Å²) >= 11 is 1.14. The number of nitrogens with one attached hydrogen (secondary N) is 1. The fourth-order valence-electron chi connectivity index (χ4n) is 3.22. The lowest BCUT2D eigenvalue weighted by Crippen LogP contribution is -2.23. The van der Waals surface area contributed by atoms with Gasteiger partial charge in [-0.3, -0.25) is 4.79 Å². The van der Waals surface area contributed by atoms with E-state index in [1.165, 1.54) is 14.2 Å². The van der Waals surface area contributed by atoms with Crippen LogP contribution >= 0.6 is 11.7 Å². The molecule has 1 atom stereocenters. The van der Waals surface area contributed by atoms with Crippen molar-refractivity contribution in [1.29, 1.82) is 0 Å². The molecule has 0 radical (unpaired) electrons. The molecule has 1 aliphatic heterocycles. The molecule has 7 nitrogen and oxygen atoms in total. The Bertz CT molecular complexity index is 960. The molecular weight excluding hydrogens is 342 g/mol. The molecule has 1 aliphatic rings. The van der Waals surface area contributed by atoms with Crippen molar-refractivity contribution in [2.24, 2.45) is 0 Å². The van der Waals surface area contributed by atoms with E-state index in [1.807, 2.05) is 12.1 Å². The normalized spacial score (nSPS) is 16.4. The number of carbonyl (C=O) groups excluding carboxylic acids is 1. The minimum Gasteiger partial charge on any atom is -0.502 e. The van der Waals surface area contributed by atoms with Gasteiger partial charge in [-0.05, 0) is 29.8 Å². The van der Waals surface area contributed by atoms with Gasteiger partial charge >= 0.3 is 0 Å². The van der Waals surface area contributed by atoms with Crippen LogP contribution in [0.15, 0.2) is 24.3 Å². The number of benzene rings is 2. The molecule has 0 saturated heterocycles. The first-order chi connectivity index (χ1) is 12.1. The number of fused-ring (bicyclic) bond motifs is 3. The van der Waals surface area contributed by atoms with Gasteiger partial charge in [-0.15, -0.1) is 0 Å². The number of rotatable bonds is 3. The number of nitrogens with zero attached hydrogens (tertiary/aromatic N) is 2. The van der Waals surface area contributed by atoms with Gasteiger partial charge in [0.1, 0.15) is 11.0 Å². The molecule has 2 N–H and O–H groups in total. The lowest BCUT2D eigenvalue weighted by molar-refractivity contribution is -0.116. The Morgan fingerprint density at radius 3 is 2.60 bits per heavy atom. The minimum atomic E-state index is -0.236. The molecule has 8 heteroatoms. The zero-order chi connectivity index (χ0) is 17.6. The highest BCUT2D eigenvalue weighted by Crippen LogP contribution is 2.45. The largest absolute Gasteiger partial charge is 0.502 e. The molecule has 0 saturated carbocycles. The van der Waals surface area contributed by atoms with Crippen LogP contribution in [0.2, 0.25) is 0 Å². The number of phenolic OH excluding ortho intramolecular Hbond substituents is 1. The van der Waals surface area contributed by atoms with Gasteiger partial charge in [0.2, 0.25) is 11.7 Å². The maximum absolute atomic E-state index is 12.2. The van der Waals surface area contributed by atoms with E-state index in [-0.39, 0.29) is 24.0 Å². The summed E-state index contributed by atoms with van der Waals surface area (Å²) in [6, 6.07) is 7.14. The van der Waals surface area contributed by atoms with Crippen LogP contribution in [0.1, 0.15) is 23.5 Å². The van der Waals surface area contributed by atoms with Crippen LogP contribution in [0.4, 0.5) is 5.69 Å². The molecule has 1 aromatic heterocycles. The Balaban J connectivity index is 1.95. The monoisotopic (exact) mass is 357 g/mol. The van der Waals surface area contributed by atoms with Gasteiger partial charge in [0, 0.05) is 23.6 Å². The fourth-order valence-corrected chi connectivity index (χ4v) is 3.77. The predicted octanol–water partition coefficient (Wildman–Crippen LogP) is 2.89. The van der Waals surface area contributed by atoms with E-state index in [0.717, 1.165) is 39.6 Å². The highest BCUT2D eigenvalue weighted by molar-refractivity contribution is 7.00. The molecule has 0 aliphatic carbocycles. The summed E-state index contributed by atoms with van der Waals surface area (Å²) in [5, 5.41) is 13.0. The summed E-state index contributed by atoms with van der Waals surface area (Å²) in [5.74, 6) is 0.212. The molecule has 128 valence electrons. The number of ether oxygens (including phenoxy) is 2. The number of hydrogen-bond donors (Lipinski definition) is 2. The maximum Gasteiger partial charge on any atom is 0.225 e. The quantitative estimate of drug-likeness (QED) is 0.749. The van der Waals surface area contributed by atoms with Gasteiger partial charge in [0.15, 0.2) is 11.5 Å². The molecular formula is C17H15N3O4S. The Morgan fingerprint density at radius 1 is 1.20 bits per heavy atom. The SMILES string of the molecule is COc1cc(C2CC(=O)Nc3ccc4nsnc4c32)cc(OC)c1O. The first-order valence-electron chi connectivity index (χ1n) is 7.62. The molecule has 1 amide bonds. The van der Waals surface area contributed by atoms with Crippen molar-refractivity contribution in [1.82, 2.24) is 8.75 Å². The lowest BCUT2D eigenvalue weighted by Gasteiger charge is -2.26. The summed E-state index contributed by atoms with van der Waals surface area (Å²) in [6.45, 7) is 0. The average molecular weight is 357 g/mol. The highest BCUT2D eigenvalue weighted by atomic mass is 32.1. The van der Waals surface area contributed by atoms with Crippen molar-refractivity contribution < 1.29 is 19.4 Å². The first-order valence-corrected chi connectivity index (χ1v) is 8.35. The molecule has 0 fully saturated rings. The number of aromatic hydroxyl groups is 1. The Kier molecular flexibility index (Phi) is 3.69. The van der Waals surface area contributed by atoms with Gasteiger partial charge in [-0.25, -0.2) is 0 Å². The molecule has 25 heavy (non-hydrogen) atoms. The Labute approximate surface area is 147 Å². The number of hydrogen-bond acceptors (Lipinski definition) is 7. The number of amides is 1. The first kappa shape index (κ1) is 15.6. The van der Waals surface area contributed by atoms with Gasteiger partial charge in [0.05, 0.1) is 25.9 Å². The van der Waals surface area contributed by atoms with Gasteiger partial charge in [-0.2, -0.15) is 8.75 Å². The van der Waals surface area contributed by atoms with Crippen molar-refractivity contribution in [3.05, 3.63) is 35.4 Å². The lowest BCUT2D eigenvalue weighted by atomic mass is 9.83. The second-order valence-electron chi connectivity index (χ2n) is 5.74. The van der Waals surface area contributed by atoms with E-state index >= 15 is 0 Å². The van der Waals surface area contributed by atoms with Gasteiger partial charge in [0.25, 0.3) is 0 Å². The number of carbonyl (C=O) groups is 1. The van der Waals surface area contributed by atoms with Crippen LogP contribution in [0, 0.1) is 0 Å². The third-order valence-electron chi connectivity index (χ3n) is 4.38. The van der Waals surface area contributed by atoms with Gasteiger partial charge in [-0.1, -0.05) is 0 Å². The number of anilines is 1. The van der Waals surface area contributed by atoms with E-state index in [2.05, 4.69) is 14.1 Å². The average Bonchev–Trinajstić information content (AvgIpc) is 3.09. The summed E-state index contributed by atoms with van der Waals surface area (Å²) in [5.41, 5.74) is 4.03. The standard InChI is InChI=1S/C17H15N3O4S/c1-23-12-5-8(6-13(24-2)17(12)22)9-7-14(21)18-10-3-4-11-16(15(9)10)20-25-19-11/h3-6,9,22H,7H2,1-2H3,(H,18,21). The van der Waals surface area contributed by atoms with E-state index in [1.54, 1.807) is 12.1 Å². The fraction of sp³-hybridized carbons (Fsp3) is 0.235. The summed E-state index contributed by atoms with van der Waals surface area (Å²) in [7, 11) is 2.95. The molecule has 1 unspecified atom stereocenters. The number of aromatic nitrogens is 2. The predicted molar refractivity (Wildman–Crippen MR) is 93.7 cm³/mol. The maximum atomic E-state index is 12.2. The van der Waals surface area contributed by atoms with Crippen molar-refractivity contribution >= 4 is 34.4 Å². The summed E-state index contributed by atoms with van der Waals surface area (Å²) in [6.07, 6.45) is 0.265. The van der Waals surface area contributed by atoms with Crippen LogP contribution in [0.5, 0.6) is 17.2 Å². The minimum absolute atomic E-state index is 0.0669. The summed E-state index contributed by atoms with van der Waals surface area (Å²) < 4.78 is 19.2. The van der Waals surface area contributed by atoms with Crippen LogP contribution < -0.4 is 14.8 Å². The van der Waals surface area contributed by atoms with Crippen molar-refractivity contribution in [2.75, 3.05) is 19.5 Å².